The summed E-state index contributed by atoms with van der Waals surface area (Å²) in [7, 11) is 0. The second-order valence-corrected chi connectivity index (χ2v) is 3.67. The fraction of sp³-hybridized carbons (Fsp3) is 0. The van der Waals surface area contributed by atoms with Gasteiger partial charge in [-0.1, -0.05) is 0 Å². The Morgan fingerprint density at radius 2 is 1.78 bits per heavy atom. The van der Waals surface area contributed by atoms with E-state index in [0.717, 1.165) is 5.56 Å². The molecule has 1 rings (SSSR count). The number of nitriles is 1. The van der Waals surface area contributed by atoms with Gasteiger partial charge in [0.25, 0.3) is 0 Å². The average molecular weight is 311 g/mol. The maximum atomic E-state index is 8.39. The topological polar surface area (TPSA) is 23.8 Å². The number of hydrogen-bond donors (Lipinski definition) is 0. The zero-order valence-electron chi connectivity index (χ0n) is 4.70. The summed E-state index contributed by atoms with van der Waals surface area (Å²) >= 11 is 1.25. The Hall–Kier alpha value is -0.407. The van der Waals surface area contributed by atoms with Crippen LogP contribution in [-0.2, 0) is 0 Å². The summed E-state index contributed by atoms with van der Waals surface area (Å²) in [5.74, 6) is 0. The van der Waals surface area contributed by atoms with Crippen LogP contribution in [0.15, 0.2) is 24.3 Å². The van der Waals surface area contributed by atoms with Crippen molar-refractivity contribution in [2.75, 3.05) is 0 Å². The second-order valence-electron chi connectivity index (χ2n) is 1.66. The molecule has 0 amide bonds. The number of benzene rings is 1. The van der Waals surface area contributed by atoms with Gasteiger partial charge in [-0.2, -0.15) is 0 Å². The molecular weight excluding hydrogens is 307 g/mol. The van der Waals surface area contributed by atoms with Crippen LogP contribution in [0.3, 0.4) is 0 Å². The Bertz CT molecular complexity index is 232. The van der Waals surface area contributed by atoms with Crippen LogP contribution in [-0.4, -0.2) is 24.7 Å². The third-order valence-corrected chi connectivity index (χ3v) is 2.16. The van der Waals surface area contributed by atoms with Crippen LogP contribution in [0.25, 0.3) is 0 Å². The van der Waals surface area contributed by atoms with E-state index in [9.17, 15) is 0 Å². The molecule has 0 N–H and O–H groups in total. The Labute approximate surface area is 69.2 Å². The molecule has 2 radical (unpaired) electrons. The van der Waals surface area contributed by atoms with Crippen molar-refractivity contribution >= 4 is 28.0 Å². The average Bonchev–Trinajstić information content (AvgIpc) is 1.90. The molecule has 1 aromatic carbocycles. The summed E-state index contributed by atoms with van der Waals surface area (Å²) in [5.41, 5.74) is 0.741. The molecule has 0 aliphatic heterocycles. The van der Waals surface area contributed by atoms with Crippen molar-refractivity contribution in [1.29, 1.82) is 5.26 Å². The fourth-order valence-corrected chi connectivity index (χ4v) is 1.12. The van der Waals surface area contributed by atoms with E-state index in [1.165, 1.54) is 28.0 Å². The summed E-state index contributed by atoms with van der Waals surface area (Å²) in [4.78, 5) is 0. The van der Waals surface area contributed by atoms with Gasteiger partial charge >= 0.3 is 69.2 Å². The molecule has 0 fully saturated rings. The molecular formula is C7H4BiN. The maximum absolute atomic E-state index is 8.39. The molecule has 0 spiro atoms. The van der Waals surface area contributed by atoms with Gasteiger partial charge in [0.15, 0.2) is 0 Å². The van der Waals surface area contributed by atoms with E-state index >= 15 is 0 Å². The van der Waals surface area contributed by atoms with Crippen LogP contribution in [0.4, 0.5) is 0 Å². The SMILES string of the molecule is N#Cc1cc[c]([Bi])cc1. The molecule has 42 valence electrons. The summed E-state index contributed by atoms with van der Waals surface area (Å²) in [5, 5.41) is 8.39. The van der Waals surface area contributed by atoms with E-state index in [4.69, 9.17) is 5.26 Å². The van der Waals surface area contributed by atoms with Gasteiger partial charge in [-0.05, 0) is 0 Å². The van der Waals surface area contributed by atoms with Crippen LogP contribution in [0.5, 0.6) is 0 Å². The molecule has 0 unspecified atom stereocenters. The van der Waals surface area contributed by atoms with E-state index in [1.54, 1.807) is 0 Å². The summed E-state index contributed by atoms with van der Waals surface area (Å²) in [6.07, 6.45) is 0. The van der Waals surface area contributed by atoms with Crippen molar-refractivity contribution in [1.82, 2.24) is 0 Å². The predicted molar refractivity (Wildman–Crippen MR) is 36.5 cm³/mol. The van der Waals surface area contributed by atoms with E-state index < -0.39 is 0 Å². The Morgan fingerprint density at radius 3 is 2.22 bits per heavy atom. The van der Waals surface area contributed by atoms with Crippen molar-refractivity contribution < 1.29 is 0 Å². The molecule has 1 aromatic rings. The van der Waals surface area contributed by atoms with Crippen LogP contribution in [0.2, 0.25) is 0 Å². The molecule has 2 heteroatoms. The summed E-state index contributed by atoms with van der Waals surface area (Å²) < 4.78 is 1.30. The molecule has 0 saturated heterocycles. The van der Waals surface area contributed by atoms with Crippen molar-refractivity contribution in [2.45, 2.75) is 0 Å². The first-order valence-corrected chi connectivity index (χ1v) is 4.26. The molecule has 0 aromatic heterocycles. The number of hydrogen-bond acceptors (Lipinski definition) is 1. The minimum atomic E-state index is 0.741. The van der Waals surface area contributed by atoms with E-state index in [2.05, 4.69) is 6.07 Å². The fourth-order valence-electron chi connectivity index (χ4n) is 0.536. The Balaban J connectivity index is 3.06. The molecule has 0 atom stereocenters. The van der Waals surface area contributed by atoms with Gasteiger partial charge in [0.05, 0.1) is 0 Å². The normalized spacial score (nSPS) is 8.44. The quantitative estimate of drug-likeness (QED) is 0.635. The first kappa shape index (κ1) is 6.71. The molecule has 0 heterocycles. The van der Waals surface area contributed by atoms with Gasteiger partial charge in [-0.15, -0.1) is 0 Å². The van der Waals surface area contributed by atoms with Crippen LogP contribution < -0.4 is 3.27 Å². The zero-order valence-corrected chi connectivity index (χ0v) is 8.18. The molecule has 0 aliphatic rings. The van der Waals surface area contributed by atoms with Crippen LogP contribution in [0, 0.1) is 11.3 Å². The van der Waals surface area contributed by atoms with Crippen molar-refractivity contribution in [3.8, 4) is 6.07 Å². The van der Waals surface area contributed by atoms with E-state index in [0.29, 0.717) is 0 Å². The first-order chi connectivity index (χ1) is 4.33. The standard InChI is InChI=1S/C7H4N.Bi/c8-6-7-4-2-1-3-5-7;/h2-5H;. The Kier molecular flexibility index (Phi) is 2.19. The first-order valence-electron chi connectivity index (χ1n) is 2.52. The summed E-state index contributed by atoms with van der Waals surface area (Å²) in [6, 6.07) is 9.71. The van der Waals surface area contributed by atoms with Gasteiger partial charge in [0.1, 0.15) is 0 Å². The molecule has 9 heavy (non-hydrogen) atoms. The van der Waals surface area contributed by atoms with Crippen LogP contribution in [0.1, 0.15) is 5.56 Å². The van der Waals surface area contributed by atoms with Gasteiger partial charge in [-0.3, -0.25) is 0 Å². The second kappa shape index (κ2) is 2.94. The molecule has 0 saturated carbocycles. The van der Waals surface area contributed by atoms with Gasteiger partial charge in [0, 0.05) is 0 Å². The molecule has 1 nitrogen and oxygen atoms in total. The number of rotatable bonds is 0. The molecule has 0 aliphatic carbocycles. The van der Waals surface area contributed by atoms with Crippen molar-refractivity contribution in [2.24, 2.45) is 0 Å². The number of nitrogens with zero attached hydrogens (tertiary/aromatic N) is 1. The van der Waals surface area contributed by atoms with E-state index in [-0.39, 0.29) is 0 Å². The Morgan fingerprint density at radius 1 is 1.22 bits per heavy atom. The predicted octanol–water partition coefficient (Wildman–Crippen LogP) is 0.352. The third-order valence-electron chi connectivity index (χ3n) is 0.996. The van der Waals surface area contributed by atoms with Crippen molar-refractivity contribution in [3.63, 3.8) is 0 Å². The van der Waals surface area contributed by atoms with Gasteiger partial charge in [0.2, 0.25) is 0 Å². The zero-order chi connectivity index (χ0) is 6.69. The van der Waals surface area contributed by atoms with Gasteiger partial charge in [-0.25, -0.2) is 0 Å². The van der Waals surface area contributed by atoms with E-state index in [1.807, 2.05) is 24.3 Å². The van der Waals surface area contributed by atoms with Crippen LogP contribution >= 0.6 is 0 Å². The summed E-state index contributed by atoms with van der Waals surface area (Å²) in [6.45, 7) is 0. The monoisotopic (exact) mass is 311 g/mol. The third kappa shape index (κ3) is 1.77. The van der Waals surface area contributed by atoms with Crippen molar-refractivity contribution in [3.05, 3.63) is 29.8 Å². The minimum absolute atomic E-state index is 0.741. The van der Waals surface area contributed by atoms with Gasteiger partial charge < -0.3 is 0 Å². The molecule has 0 bridgehead atoms.